The van der Waals surface area contributed by atoms with Gasteiger partial charge in [0.1, 0.15) is 16.3 Å². The second kappa shape index (κ2) is 10.4. The van der Waals surface area contributed by atoms with Gasteiger partial charge < -0.3 is 20.3 Å². The lowest BCUT2D eigenvalue weighted by atomic mass is 9.93. The Kier molecular flexibility index (Phi) is 7.46. The zero-order valence-corrected chi connectivity index (χ0v) is 23.3. The third-order valence-electron chi connectivity index (χ3n) is 6.47. The monoisotopic (exact) mass is 535 g/mol. The van der Waals surface area contributed by atoms with Crippen molar-refractivity contribution < 1.29 is 19.1 Å². The number of methoxy groups -OCH3 is 1. The molecule has 1 aliphatic heterocycles. The maximum atomic E-state index is 13.7. The molecule has 1 fully saturated rings. The third-order valence-corrected chi connectivity index (χ3v) is 7.95. The number of thiophene rings is 1. The fraction of sp³-hybridized carbons (Fsp3) is 0.357. The van der Waals surface area contributed by atoms with Crippen LogP contribution in [-0.2, 0) is 10.2 Å². The van der Waals surface area contributed by atoms with Gasteiger partial charge in [0.05, 0.1) is 12.7 Å². The first-order valence-corrected chi connectivity index (χ1v) is 13.1. The molecule has 3 N–H and O–H groups in total. The van der Waals surface area contributed by atoms with E-state index < -0.39 is 11.6 Å². The molecule has 2 aromatic heterocycles. The molecular formula is C28H33N5O4S. The molecule has 0 saturated carbocycles. The quantitative estimate of drug-likeness (QED) is 0.420. The topological polar surface area (TPSA) is 113 Å². The van der Waals surface area contributed by atoms with Crippen molar-refractivity contribution in [3.63, 3.8) is 0 Å². The van der Waals surface area contributed by atoms with E-state index in [0.29, 0.717) is 35.1 Å². The average molecular weight is 536 g/mol. The number of carbonyl (C=O) groups is 3. The number of urea groups is 1. The van der Waals surface area contributed by atoms with Crippen LogP contribution in [0.4, 0.5) is 15.5 Å². The van der Waals surface area contributed by atoms with Crippen molar-refractivity contribution >= 4 is 39.9 Å². The predicted molar refractivity (Wildman–Crippen MR) is 150 cm³/mol. The number of hydrogen-bond acceptors (Lipinski definition) is 6. The van der Waals surface area contributed by atoms with Crippen LogP contribution in [-0.4, -0.2) is 53.5 Å². The summed E-state index contributed by atoms with van der Waals surface area (Å²) < 4.78 is 5.50. The minimum atomic E-state index is -1.01. The van der Waals surface area contributed by atoms with Crippen LogP contribution in [0.2, 0.25) is 0 Å². The number of ether oxygens (including phenoxy) is 1. The fourth-order valence-electron chi connectivity index (χ4n) is 4.22. The lowest BCUT2D eigenvalue weighted by molar-refractivity contribution is -0.133. The molecule has 0 atom stereocenters. The summed E-state index contributed by atoms with van der Waals surface area (Å²) in [7, 11) is 1.59. The number of benzene rings is 1. The van der Waals surface area contributed by atoms with E-state index in [2.05, 4.69) is 20.9 Å². The smallest absolute Gasteiger partial charge is 0.324 e. The van der Waals surface area contributed by atoms with Crippen molar-refractivity contribution in [2.24, 2.45) is 0 Å². The first kappa shape index (κ1) is 27.1. The number of piperazine rings is 1. The van der Waals surface area contributed by atoms with Crippen molar-refractivity contribution in [2.75, 3.05) is 30.8 Å². The molecular weight excluding hydrogens is 502 g/mol. The highest BCUT2D eigenvalue weighted by molar-refractivity contribution is 7.16. The Bertz CT molecular complexity index is 1360. The number of nitrogens with zero attached hydrogens (tertiary/aromatic N) is 2. The van der Waals surface area contributed by atoms with E-state index in [1.165, 1.54) is 11.3 Å². The van der Waals surface area contributed by atoms with Gasteiger partial charge in [-0.15, -0.1) is 11.3 Å². The maximum Gasteiger partial charge on any atom is 0.324 e. The third kappa shape index (κ3) is 5.50. The minimum absolute atomic E-state index is 0.208. The summed E-state index contributed by atoms with van der Waals surface area (Å²) in [6.07, 6.45) is 3.38. The van der Waals surface area contributed by atoms with E-state index in [1.807, 2.05) is 45.0 Å². The molecule has 9 nitrogen and oxygen atoms in total. The zero-order chi connectivity index (χ0) is 27.7. The van der Waals surface area contributed by atoms with Crippen LogP contribution in [0.3, 0.4) is 0 Å². The van der Waals surface area contributed by atoms with Gasteiger partial charge in [0, 0.05) is 41.6 Å². The number of aromatic nitrogens is 1. The number of amides is 4. The van der Waals surface area contributed by atoms with Gasteiger partial charge >= 0.3 is 6.03 Å². The Morgan fingerprint density at radius 2 is 1.82 bits per heavy atom. The van der Waals surface area contributed by atoms with Crippen molar-refractivity contribution in [3.05, 3.63) is 59.2 Å². The molecule has 1 aromatic carbocycles. The van der Waals surface area contributed by atoms with Crippen LogP contribution in [0.15, 0.2) is 48.8 Å². The Balaban J connectivity index is 1.61. The molecule has 0 radical (unpaired) electrons. The van der Waals surface area contributed by atoms with Crippen LogP contribution in [0.1, 0.15) is 49.9 Å². The van der Waals surface area contributed by atoms with E-state index in [4.69, 9.17) is 4.74 Å². The molecule has 3 heterocycles. The Hall–Kier alpha value is -3.92. The second-order valence-electron chi connectivity index (χ2n) is 10.6. The lowest BCUT2D eigenvalue weighted by Gasteiger charge is -2.41. The number of pyridine rings is 1. The summed E-state index contributed by atoms with van der Waals surface area (Å²) in [4.78, 5) is 45.9. The summed E-state index contributed by atoms with van der Waals surface area (Å²) in [5.41, 5.74) is 1.38. The number of hydrogen-bond donors (Lipinski definition) is 3. The van der Waals surface area contributed by atoms with Crippen LogP contribution < -0.4 is 20.7 Å². The Morgan fingerprint density at radius 1 is 1.11 bits per heavy atom. The van der Waals surface area contributed by atoms with E-state index in [-0.39, 0.29) is 17.2 Å². The molecule has 10 heteroatoms. The van der Waals surface area contributed by atoms with Crippen LogP contribution in [0, 0.1) is 0 Å². The molecule has 4 rings (SSSR count). The highest BCUT2D eigenvalue weighted by atomic mass is 32.1. The van der Waals surface area contributed by atoms with Crippen LogP contribution in [0.5, 0.6) is 5.75 Å². The summed E-state index contributed by atoms with van der Waals surface area (Å²) in [5, 5.41) is 8.99. The molecule has 0 aliphatic carbocycles. The molecule has 3 aromatic rings. The average Bonchev–Trinajstić information content (AvgIpc) is 3.30. The lowest BCUT2D eigenvalue weighted by Crippen LogP contribution is -2.63. The van der Waals surface area contributed by atoms with Crippen molar-refractivity contribution in [3.8, 4) is 16.9 Å². The molecule has 0 spiro atoms. The summed E-state index contributed by atoms with van der Waals surface area (Å²) >= 11 is 1.36. The molecule has 1 aliphatic rings. The van der Waals surface area contributed by atoms with Gasteiger partial charge in [-0.25, -0.2) is 4.79 Å². The van der Waals surface area contributed by atoms with Gasteiger partial charge in [0.2, 0.25) is 5.91 Å². The SMILES string of the molecule is COc1ccc(NC(=O)Nc2sc(C(C)(C)C)cc2C(=O)N2CCNC(=O)C2(C)C)cc1-c1ccncc1. The number of anilines is 2. The molecule has 0 unspecified atom stereocenters. The van der Waals surface area contributed by atoms with Crippen LogP contribution >= 0.6 is 11.3 Å². The van der Waals surface area contributed by atoms with Crippen molar-refractivity contribution in [1.82, 2.24) is 15.2 Å². The number of nitrogens with one attached hydrogen (secondary N) is 3. The minimum Gasteiger partial charge on any atom is -0.496 e. The summed E-state index contributed by atoms with van der Waals surface area (Å²) in [6, 6.07) is 10.4. The van der Waals surface area contributed by atoms with E-state index >= 15 is 0 Å². The zero-order valence-electron chi connectivity index (χ0n) is 22.5. The molecule has 200 valence electrons. The predicted octanol–water partition coefficient (Wildman–Crippen LogP) is 5.11. The molecule has 1 saturated heterocycles. The normalized spacial score (nSPS) is 15.0. The van der Waals surface area contributed by atoms with E-state index in [9.17, 15) is 14.4 Å². The Labute approximate surface area is 226 Å². The standard InChI is InChI=1S/C28H33N5O4S/c1-27(2,3)22-16-20(24(34)33-14-13-30-25(35)28(33,4)5)23(38-22)32-26(36)31-18-7-8-21(37-6)19(15-18)17-9-11-29-12-10-17/h7-12,15-16H,13-14H2,1-6H3,(H,30,35)(H2,31,32,36). The molecule has 4 amide bonds. The van der Waals surface area contributed by atoms with Gasteiger partial charge in [0.15, 0.2) is 0 Å². The van der Waals surface area contributed by atoms with Gasteiger partial charge in [-0.1, -0.05) is 20.8 Å². The number of rotatable bonds is 5. The Morgan fingerprint density at radius 3 is 2.47 bits per heavy atom. The van der Waals surface area contributed by atoms with Crippen molar-refractivity contribution in [2.45, 2.75) is 45.6 Å². The van der Waals surface area contributed by atoms with Crippen molar-refractivity contribution in [1.29, 1.82) is 0 Å². The maximum absolute atomic E-state index is 13.7. The van der Waals surface area contributed by atoms with Gasteiger partial charge in [-0.3, -0.25) is 19.9 Å². The highest BCUT2D eigenvalue weighted by Gasteiger charge is 2.42. The summed E-state index contributed by atoms with van der Waals surface area (Å²) in [5.74, 6) is 0.160. The molecule has 38 heavy (non-hydrogen) atoms. The fourth-order valence-corrected chi connectivity index (χ4v) is 5.32. The van der Waals surface area contributed by atoms with Gasteiger partial charge in [-0.2, -0.15) is 0 Å². The molecule has 0 bridgehead atoms. The van der Waals surface area contributed by atoms with E-state index in [1.54, 1.807) is 50.4 Å². The number of carbonyl (C=O) groups excluding carboxylic acids is 3. The van der Waals surface area contributed by atoms with E-state index in [0.717, 1.165) is 16.0 Å². The summed E-state index contributed by atoms with van der Waals surface area (Å²) in [6.45, 7) is 10.4. The van der Waals surface area contributed by atoms with Gasteiger partial charge in [0.25, 0.3) is 5.91 Å². The highest BCUT2D eigenvalue weighted by Crippen LogP contribution is 2.38. The largest absolute Gasteiger partial charge is 0.496 e. The second-order valence-corrected chi connectivity index (χ2v) is 11.7. The van der Waals surface area contributed by atoms with Crippen LogP contribution in [0.25, 0.3) is 11.1 Å². The first-order valence-electron chi connectivity index (χ1n) is 12.3. The first-order chi connectivity index (χ1) is 17.9. The van der Waals surface area contributed by atoms with Gasteiger partial charge in [-0.05, 0) is 61.2 Å².